The average Bonchev–Trinajstić information content (AvgIpc) is 3.29. The monoisotopic (exact) mass is 438 g/mol. The van der Waals surface area contributed by atoms with E-state index < -0.39 is 18.5 Å². The SMILES string of the molecule is Cc1sc(-c2ccco2)nc1C(=O)OCC(=O)NC(C)c1ccc(Cl)cc1Cl. The van der Waals surface area contributed by atoms with Crippen molar-refractivity contribution in [2.45, 2.75) is 19.9 Å². The molecule has 1 aromatic carbocycles. The summed E-state index contributed by atoms with van der Waals surface area (Å²) in [5.41, 5.74) is 0.877. The highest BCUT2D eigenvalue weighted by Crippen LogP contribution is 2.28. The van der Waals surface area contributed by atoms with Crippen molar-refractivity contribution in [2.75, 3.05) is 6.61 Å². The maximum absolute atomic E-state index is 12.3. The minimum atomic E-state index is -0.668. The predicted octanol–water partition coefficient (Wildman–Crippen LogP) is 5.05. The molecule has 2 heterocycles. The summed E-state index contributed by atoms with van der Waals surface area (Å²) in [7, 11) is 0. The number of ether oxygens (including phenoxy) is 1. The number of nitrogens with zero attached hydrogens (tertiary/aromatic N) is 1. The number of hydrogen-bond donors (Lipinski definition) is 1. The van der Waals surface area contributed by atoms with Crippen LogP contribution in [0.4, 0.5) is 0 Å². The standard InChI is InChI=1S/C19H16Cl2N2O4S/c1-10(13-6-5-12(20)8-14(13)21)22-16(24)9-27-19(25)17-11(2)28-18(23-17)15-4-3-7-26-15/h3-8,10H,9H2,1-2H3,(H,22,24). The lowest BCUT2D eigenvalue weighted by atomic mass is 10.1. The van der Waals surface area contributed by atoms with Gasteiger partial charge in [-0.25, -0.2) is 9.78 Å². The van der Waals surface area contributed by atoms with Crippen LogP contribution in [0.15, 0.2) is 41.0 Å². The van der Waals surface area contributed by atoms with Crippen LogP contribution in [-0.4, -0.2) is 23.5 Å². The van der Waals surface area contributed by atoms with Crippen molar-refractivity contribution >= 4 is 46.4 Å². The van der Waals surface area contributed by atoms with Crippen molar-refractivity contribution in [1.29, 1.82) is 0 Å². The maximum Gasteiger partial charge on any atom is 0.358 e. The molecule has 1 amide bonds. The molecular formula is C19H16Cl2N2O4S. The zero-order valence-corrected chi connectivity index (χ0v) is 17.3. The number of aryl methyl sites for hydroxylation is 1. The van der Waals surface area contributed by atoms with Crippen LogP contribution in [0.5, 0.6) is 0 Å². The van der Waals surface area contributed by atoms with Gasteiger partial charge in [0.15, 0.2) is 23.1 Å². The van der Waals surface area contributed by atoms with Gasteiger partial charge in [-0.2, -0.15) is 0 Å². The van der Waals surface area contributed by atoms with Gasteiger partial charge >= 0.3 is 5.97 Å². The van der Waals surface area contributed by atoms with Crippen LogP contribution in [0.3, 0.4) is 0 Å². The van der Waals surface area contributed by atoms with Crippen molar-refractivity contribution in [3.05, 3.63) is 62.8 Å². The van der Waals surface area contributed by atoms with Gasteiger partial charge in [0.25, 0.3) is 5.91 Å². The quantitative estimate of drug-likeness (QED) is 0.544. The highest BCUT2D eigenvalue weighted by Gasteiger charge is 2.20. The lowest BCUT2D eigenvalue weighted by Crippen LogP contribution is -2.31. The van der Waals surface area contributed by atoms with Gasteiger partial charge in [0.1, 0.15) is 0 Å². The number of amides is 1. The Hall–Kier alpha value is -2.35. The number of aromatic nitrogens is 1. The fourth-order valence-corrected chi connectivity index (χ4v) is 3.95. The number of nitrogens with one attached hydrogen (secondary N) is 1. The Morgan fingerprint density at radius 2 is 2.11 bits per heavy atom. The summed E-state index contributed by atoms with van der Waals surface area (Å²) in [6.45, 7) is 3.10. The molecule has 0 fully saturated rings. The fraction of sp³-hybridized carbons (Fsp3) is 0.211. The van der Waals surface area contributed by atoms with Crippen molar-refractivity contribution < 1.29 is 18.7 Å². The minimum absolute atomic E-state index is 0.165. The van der Waals surface area contributed by atoms with Crippen LogP contribution >= 0.6 is 34.5 Å². The third kappa shape index (κ3) is 4.73. The van der Waals surface area contributed by atoms with Crippen LogP contribution in [0.2, 0.25) is 10.0 Å². The topological polar surface area (TPSA) is 81.4 Å². The molecule has 146 valence electrons. The Bertz CT molecular complexity index is 1000. The van der Waals surface area contributed by atoms with Gasteiger partial charge in [-0.1, -0.05) is 29.3 Å². The number of carbonyl (C=O) groups excluding carboxylic acids is 2. The van der Waals surface area contributed by atoms with Gasteiger partial charge < -0.3 is 14.5 Å². The van der Waals surface area contributed by atoms with E-state index in [1.165, 1.54) is 17.6 Å². The third-order valence-corrected chi connectivity index (χ3v) is 5.41. The van der Waals surface area contributed by atoms with E-state index in [0.717, 1.165) is 0 Å². The van der Waals surface area contributed by atoms with E-state index >= 15 is 0 Å². The van der Waals surface area contributed by atoms with Gasteiger partial charge in [0, 0.05) is 14.9 Å². The molecule has 0 aliphatic carbocycles. The Morgan fingerprint density at radius 3 is 2.79 bits per heavy atom. The molecule has 0 saturated carbocycles. The zero-order chi connectivity index (χ0) is 20.3. The molecule has 0 aliphatic heterocycles. The second-order valence-corrected chi connectivity index (χ2v) is 7.98. The summed E-state index contributed by atoms with van der Waals surface area (Å²) in [6, 6.07) is 8.14. The first-order valence-electron chi connectivity index (χ1n) is 8.28. The Labute approximate surface area is 175 Å². The molecule has 2 aromatic heterocycles. The van der Waals surface area contributed by atoms with Crippen LogP contribution in [-0.2, 0) is 9.53 Å². The summed E-state index contributed by atoms with van der Waals surface area (Å²) in [5, 5.41) is 4.26. The van der Waals surface area contributed by atoms with Crippen molar-refractivity contribution in [2.24, 2.45) is 0 Å². The van der Waals surface area contributed by atoms with E-state index in [2.05, 4.69) is 10.3 Å². The number of rotatable bonds is 6. The van der Waals surface area contributed by atoms with Crippen LogP contribution in [0.1, 0.15) is 33.9 Å². The summed E-state index contributed by atoms with van der Waals surface area (Å²) in [4.78, 5) is 29.3. The van der Waals surface area contributed by atoms with Crippen molar-refractivity contribution in [1.82, 2.24) is 10.3 Å². The second kappa shape index (κ2) is 8.77. The van der Waals surface area contributed by atoms with Crippen molar-refractivity contribution in [3.8, 4) is 10.8 Å². The van der Waals surface area contributed by atoms with Crippen LogP contribution in [0, 0.1) is 6.92 Å². The Balaban J connectivity index is 1.58. The van der Waals surface area contributed by atoms with E-state index in [1.807, 2.05) is 0 Å². The van der Waals surface area contributed by atoms with Crippen LogP contribution < -0.4 is 5.32 Å². The number of hydrogen-bond acceptors (Lipinski definition) is 6. The van der Waals surface area contributed by atoms with E-state index in [0.29, 0.717) is 31.3 Å². The highest BCUT2D eigenvalue weighted by atomic mass is 35.5. The summed E-state index contributed by atoms with van der Waals surface area (Å²) >= 11 is 13.3. The molecule has 9 heteroatoms. The molecule has 1 N–H and O–H groups in total. The number of thiazole rings is 1. The van der Waals surface area contributed by atoms with Gasteiger partial charge in [-0.15, -0.1) is 11.3 Å². The summed E-state index contributed by atoms with van der Waals surface area (Å²) in [6.07, 6.45) is 1.53. The Kier molecular flexibility index (Phi) is 6.39. The third-order valence-electron chi connectivity index (χ3n) is 3.86. The molecule has 0 radical (unpaired) electrons. The molecule has 0 aliphatic rings. The molecular weight excluding hydrogens is 423 g/mol. The number of carbonyl (C=O) groups is 2. The molecule has 28 heavy (non-hydrogen) atoms. The summed E-state index contributed by atoms with van der Waals surface area (Å²) < 4.78 is 10.4. The first kappa shape index (κ1) is 20.4. The molecule has 1 atom stereocenters. The smallest absolute Gasteiger partial charge is 0.358 e. The van der Waals surface area contributed by atoms with E-state index in [4.69, 9.17) is 32.4 Å². The molecule has 1 unspecified atom stereocenters. The molecule has 6 nitrogen and oxygen atoms in total. The lowest BCUT2D eigenvalue weighted by Gasteiger charge is -2.16. The van der Waals surface area contributed by atoms with Gasteiger partial charge in [0.05, 0.1) is 12.3 Å². The average molecular weight is 439 g/mol. The van der Waals surface area contributed by atoms with Gasteiger partial charge in [0.2, 0.25) is 0 Å². The molecule has 3 rings (SSSR count). The molecule has 3 aromatic rings. The number of esters is 1. The van der Waals surface area contributed by atoms with Gasteiger partial charge in [-0.05, 0) is 43.7 Å². The second-order valence-electron chi connectivity index (χ2n) is 5.93. The zero-order valence-electron chi connectivity index (χ0n) is 15.0. The predicted molar refractivity (Wildman–Crippen MR) is 108 cm³/mol. The number of furan rings is 1. The molecule has 0 saturated heterocycles. The number of halogens is 2. The highest BCUT2D eigenvalue weighted by molar-refractivity contribution is 7.15. The normalized spacial score (nSPS) is 11.9. The fourth-order valence-electron chi connectivity index (χ4n) is 2.50. The molecule has 0 spiro atoms. The van der Waals surface area contributed by atoms with Gasteiger partial charge in [-0.3, -0.25) is 4.79 Å². The lowest BCUT2D eigenvalue weighted by molar-refractivity contribution is -0.124. The maximum atomic E-state index is 12.3. The first-order chi connectivity index (χ1) is 13.3. The van der Waals surface area contributed by atoms with E-state index in [1.54, 1.807) is 44.2 Å². The van der Waals surface area contributed by atoms with E-state index in [9.17, 15) is 9.59 Å². The Morgan fingerprint density at radius 1 is 1.32 bits per heavy atom. The number of benzene rings is 1. The summed E-state index contributed by atoms with van der Waals surface area (Å²) in [5.74, 6) is -0.552. The van der Waals surface area contributed by atoms with Crippen LogP contribution in [0.25, 0.3) is 10.8 Å². The minimum Gasteiger partial charge on any atom is -0.462 e. The largest absolute Gasteiger partial charge is 0.462 e. The molecule has 0 bridgehead atoms. The first-order valence-corrected chi connectivity index (χ1v) is 9.85. The van der Waals surface area contributed by atoms with Crippen molar-refractivity contribution in [3.63, 3.8) is 0 Å². The van der Waals surface area contributed by atoms with E-state index in [-0.39, 0.29) is 11.7 Å².